The molecule has 0 bridgehead atoms. The number of benzene rings is 1. The van der Waals surface area contributed by atoms with Gasteiger partial charge in [0.05, 0.1) is 14.3 Å². The number of hydrogen-bond acceptors (Lipinski definition) is 6. The molecule has 6 nitrogen and oxygen atoms in total. The molecular weight excluding hydrogens is 295 g/mol. The summed E-state index contributed by atoms with van der Waals surface area (Å²) in [5.41, 5.74) is 0.722. The van der Waals surface area contributed by atoms with Gasteiger partial charge in [-0.1, -0.05) is 30.3 Å². The van der Waals surface area contributed by atoms with Crippen molar-refractivity contribution in [2.24, 2.45) is 0 Å². The highest BCUT2D eigenvalue weighted by atomic mass is 31.2. The van der Waals surface area contributed by atoms with Gasteiger partial charge in [-0.15, -0.1) is 0 Å². The lowest BCUT2D eigenvalue weighted by atomic mass is 10.1. The number of carbonyl (C=O) groups excluding carboxylic acids is 1. The van der Waals surface area contributed by atoms with Gasteiger partial charge in [-0.25, -0.2) is 9.36 Å². The van der Waals surface area contributed by atoms with Gasteiger partial charge < -0.3 is 9.26 Å². The van der Waals surface area contributed by atoms with Gasteiger partial charge in [0.2, 0.25) is 0 Å². The smallest absolute Gasteiger partial charge is 0.455 e. The fourth-order valence-electron chi connectivity index (χ4n) is 1.42. The van der Waals surface area contributed by atoms with Crippen LogP contribution >= 0.6 is 7.82 Å². The number of allylic oxidation sites excluding steroid dienone is 1. The predicted molar refractivity (Wildman–Crippen MR) is 77.4 cm³/mol. The molecule has 0 saturated heterocycles. The molecule has 7 heteroatoms. The van der Waals surface area contributed by atoms with Crippen molar-refractivity contribution in [1.82, 2.24) is 0 Å². The highest BCUT2D eigenvalue weighted by molar-refractivity contribution is 7.48. The Morgan fingerprint density at radius 2 is 1.90 bits per heavy atom. The van der Waals surface area contributed by atoms with Gasteiger partial charge in [-0.3, -0.25) is 9.05 Å². The van der Waals surface area contributed by atoms with Gasteiger partial charge in [0.25, 0.3) is 0 Å². The van der Waals surface area contributed by atoms with Gasteiger partial charge in [-0.2, -0.15) is 0 Å². The maximum atomic E-state index is 12.3. The third kappa shape index (κ3) is 5.71. The van der Waals surface area contributed by atoms with Gasteiger partial charge >= 0.3 is 13.8 Å². The highest BCUT2D eigenvalue weighted by Crippen LogP contribution is 2.49. The fourth-order valence-corrected chi connectivity index (χ4v) is 1.94. The van der Waals surface area contributed by atoms with E-state index in [0.29, 0.717) is 0 Å². The zero-order valence-corrected chi connectivity index (χ0v) is 12.3. The molecule has 0 amide bonds. The maximum Gasteiger partial charge on any atom is 0.529 e. The van der Waals surface area contributed by atoms with Gasteiger partial charge in [-0.05, 0) is 19.4 Å². The molecule has 0 heterocycles. The van der Waals surface area contributed by atoms with Crippen LogP contribution in [0.1, 0.15) is 33.7 Å². The molecule has 0 aliphatic rings. The summed E-state index contributed by atoms with van der Waals surface area (Å²) in [6.45, 7) is 2.75. The average Bonchev–Trinajstić information content (AvgIpc) is 2.42. The van der Waals surface area contributed by atoms with E-state index in [1.54, 1.807) is 37.3 Å². The molecule has 1 aromatic carbocycles. The summed E-state index contributed by atoms with van der Waals surface area (Å²) in [7, 11) is -11.6. The zero-order chi connectivity index (χ0) is 20.9. The van der Waals surface area contributed by atoms with E-state index < -0.39 is 39.7 Å². The van der Waals surface area contributed by atoms with E-state index in [-0.39, 0.29) is 0 Å². The topological polar surface area (TPSA) is 71.1 Å². The van der Waals surface area contributed by atoms with Crippen molar-refractivity contribution in [2.45, 2.75) is 20.0 Å². The van der Waals surface area contributed by atoms with E-state index in [1.807, 2.05) is 0 Å². The molecule has 0 fully saturated rings. The van der Waals surface area contributed by atoms with Crippen LogP contribution in [0.4, 0.5) is 0 Å². The number of hydrogen-bond donors (Lipinski definition) is 0. The predicted octanol–water partition coefficient (Wildman–Crippen LogP) is 3.61. The normalized spacial score (nSPS) is 19.0. The molecule has 0 N–H and O–H groups in total. The first-order valence-corrected chi connectivity index (χ1v) is 7.30. The second kappa shape index (κ2) is 7.98. The Morgan fingerprint density at radius 1 is 1.29 bits per heavy atom. The Morgan fingerprint density at radius 3 is 2.48 bits per heavy atom. The maximum absolute atomic E-state index is 12.3. The molecule has 0 aliphatic carbocycles. The van der Waals surface area contributed by atoms with Crippen LogP contribution in [0.15, 0.2) is 42.2 Å². The molecule has 0 saturated carbocycles. The highest BCUT2D eigenvalue weighted by Gasteiger charge is 2.24. The number of esters is 1. The van der Waals surface area contributed by atoms with Crippen molar-refractivity contribution < 1.29 is 35.9 Å². The van der Waals surface area contributed by atoms with Gasteiger partial charge in [0.15, 0.2) is 0 Å². The van der Waals surface area contributed by atoms with Crippen LogP contribution in [0.3, 0.4) is 0 Å². The molecule has 1 rings (SSSR count). The standard InChI is InChI=1S/C14H19O6P/c1-11(20-21(16,17-3)18-4)10-14(15)19-12(2)13-8-6-5-7-9-13/h5-10,12H,1-4H3/b11-10-/i3D3,4D3. The van der Waals surface area contributed by atoms with E-state index in [2.05, 4.69) is 9.05 Å². The van der Waals surface area contributed by atoms with Crippen LogP contribution < -0.4 is 0 Å². The summed E-state index contributed by atoms with van der Waals surface area (Å²) >= 11 is 0. The number of rotatable bonds is 7. The van der Waals surface area contributed by atoms with E-state index in [1.165, 1.54) is 0 Å². The van der Waals surface area contributed by atoms with E-state index in [9.17, 15) is 9.36 Å². The number of phosphoric acid groups is 1. The summed E-state index contributed by atoms with van der Waals surface area (Å²) in [6, 6.07) is 8.81. The van der Waals surface area contributed by atoms with E-state index >= 15 is 0 Å². The summed E-state index contributed by atoms with van der Waals surface area (Å²) < 4.78 is 72.2. The van der Waals surface area contributed by atoms with Crippen molar-refractivity contribution in [1.29, 1.82) is 0 Å². The van der Waals surface area contributed by atoms with Crippen molar-refractivity contribution in [3.63, 3.8) is 0 Å². The molecule has 21 heavy (non-hydrogen) atoms. The van der Waals surface area contributed by atoms with Crippen molar-refractivity contribution in [3.8, 4) is 0 Å². The fraction of sp³-hybridized carbons (Fsp3) is 0.357. The van der Waals surface area contributed by atoms with Crippen LogP contribution in [0, 0.1) is 0 Å². The number of phosphoric ester groups is 1. The molecule has 0 aromatic heterocycles. The number of carbonyl (C=O) groups is 1. The quantitative estimate of drug-likeness (QED) is 0.331. The Balaban J connectivity index is 2.85. The minimum atomic E-state index is -5.07. The first-order valence-electron chi connectivity index (χ1n) is 8.84. The monoisotopic (exact) mass is 320 g/mol. The molecular formula is C14H19O6P. The molecule has 1 atom stereocenters. The van der Waals surface area contributed by atoms with E-state index in [0.717, 1.165) is 18.6 Å². The van der Waals surface area contributed by atoms with Crippen molar-refractivity contribution >= 4 is 13.8 Å². The van der Waals surface area contributed by atoms with Crippen molar-refractivity contribution in [2.75, 3.05) is 14.1 Å². The summed E-state index contributed by atoms with van der Waals surface area (Å²) in [6.07, 6.45) is 0.157. The summed E-state index contributed by atoms with van der Waals surface area (Å²) in [4.78, 5) is 11.9. The molecule has 1 aromatic rings. The molecule has 0 spiro atoms. The summed E-state index contributed by atoms with van der Waals surface area (Å²) in [5.74, 6) is -1.31. The van der Waals surface area contributed by atoms with Gasteiger partial charge in [0.1, 0.15) is 11.9 Å². The minimum Gasteiger partial charge on any atom is -0.455 e. The van der Waals surface area contributed by atoms with Gasteiger partial charge in [0, 0.05) is 14.1 Å². The molecule has 0 aliphatic heterocycles. The molecule has 1 unspecified atom stereocenters. The largest absolute Gasteiger partial charge is 0.529 e. The Hall–Kier alpha value is -1.62. The van der Waals surface area contributed by atoms with Crippen LogP contribution in [0.5, 0.6) is 0 Å². The first kappa shape index (κ1) is 10.2. The average molecular weight is 320 g/mol. The number of ether oxygens (including phenoxy) is 1. The van der Waals surface area contributed by atoms with Crippen LogP contribution in [-0.4, -0.2) is 20.0 Å². The van der Waals surface area contributed by atoms with Crippen LogP contribution in [-0.2, 0) is 27.7 Å². The third-order valence-electron chi connectivity index (χ3n) is 2.36. The SMILES string of the molecule is [2H]C([2H])([2H])OP(=O)(O/C(C)=C\C(=O)OC(C)c1ccccc1)OC([2H])([2H])[2H]. The Labute approximate surface area is 132 Å². The lowest BCUT2D eigenvalue weighted by Crippen LogP contribution is -2.07. The van der Waals surface area contributed by atoms with Crippen LogP contribution in [0.2, 0.25) is 0 Å². The Bertz CT molecular complexity index is 695. The Kier molecular flexibility index (Phi) is 3.86. The van der Waals surface area contributed by atoms with Crippen molar-refractivity contribution in [3.05, 3.63) is 47.7 Å². The summed E-state index contributed by atoms with van der Waals surface area (Å²) in [5, 5.41) is 0. The third-order valence-corrected chi connectivity index (χ3v) is 3.32. The van der Waals surface area contributed by atoms with E-state index in [4.69, 9.17) is 17.5 Å². The second-order valence-corrected chi connectivity index (χ2v) is 5.41. The second-order valence-electron chi connectivity index (χ2n) is 3.97. The first-order chi connectivity index (χ1) is 12.2. The lowest BCUT2D eigenvalue weighted by Gasteiger charge is -2.15. The minimum absolute atomic E-state index is 0.419. The molecule has 116 valence electrons. The lowest BCUT2D eigenvalue weighted by molar-refractivity contribution is -0.142. The molecule has 0 radical (unpaired) electrons. The van der Waals surface area contributed by atoms with Crippen LogP contribution in [0.25, 0.3) is 0 Å². The zero-order valence-electron chi connectivity index (χ0n) is 17.4.